The van der Waals surface area contributed by atoms with E-state index in [9.17, 15) is 4.79 Å². The molecule has 0 heterocycles. The summed E-state index contributed by atoms with van der Waals surface area (Å²) in [6, 6.07) is 3.22. The van der Waals surface area contributed by atoms with Crippen LogP contribution in [0.2, 0.25) is 0 Å². The first kappa shape index (κ1) is 17.1. The van der Waals surface area contributed by atoms with Crippen LogP contribution in [-0.4, -0.2) is 39.3 Å². The molecule has 0 bridgehead atoms. The number of carbonyl (C=O) groups is 1. The number of hydrogen-bond acceptors (Lipinski definition) is 5. The maximum absolute atomic E-state index is 12.4. The van der Waals surface area contributed by atoms with Crippen LogP contribution in [0.4, 0.5) is 0 Å². The molecule has 3 N–H and O–H groups in total. The van der Waals surface area contributed by atoms with Gasteiger partial charge in [-0.2, -0.15) is 0 Å². The fraction of sp³-hybridized carbons (Fsp3) is 0.533. The second-order valence-electron chi connectivity index (χ2n) is 4.99. The second-order valence-corrected chi connectivity index (χ2v) is 4.99. The Balaban J connectivity index is 3.02. The SMILES string of the molecule is COc1cc(OC)c(C(=O)NC(C)CC(C)N)cc1OC. The van der Waals surface area contributed by atoms with Gasteiger partial charge in [-0.15, -0.1) is 0 Å². The van der Waals surface area contributed by atoms with E-state index in [-0.39, 0.29) is 18.0 Å². The molecule has 0 radical (unpaired) electrons. The van der Waals surface area contributed by atoms with Crippen molar-refractivity contribution in [2.45, 2.75) is 32.4 Å². The minimum absolute atomic E-state index is 0.0209. The molecule has 6 nitrogen and oxygen atoms in total. The van der Waals surface area contributed by atoms with Gasteiger partial charge in [-0.25, -0.2) is 0 Å². The number of rotatable bonds is 7. The zero-order valence-corrected chi connectivity index (χ0v) is 13.2. The fourth-order valence-electron chi connectivity index (χ4n) is 2.12. The zero-order valence-electron chi connectivity index (χ0n) is 13.2. The van der Waals surface area contributed by atoms with Crippen LogP contribution in [0.5, 0.6) is 17.2 Å². The van der Waals surface area contributed by atoms with E-state index in [1.54, 1.807) is 12.1 Å². The predicted octanol–water partition coefficient (Wildman–Crippen LogP) is 1.57. The van der Waals surface area contributed by atoms with Crippen LogP contribution in [0.1, 0.15) is 30.6 Å². The van der Waals surface area contributed by atoms with E-state index in [0.717, 1.165) is 0 Å². The Hall–Kier alpha value is -1.95. The summed E-state index contributed by atoms with van der Waals surface area (Å²) in [5, 5.41) is 2.90. The van der Waals surface area contributed by atoms with Gasteiger partial charge in [0.15, 0.2) is 11.5 Å². The van der Waals surface area contributed by atoms with Crippen LogP contribution < -0.4 is 25.3 Å². The van der Waals surface area contributed by atoms with Crippen LogP contribution in [0.3, 0.4) is 0 Å². The molecule has 0 aliphatic heterocycles. The molecule has 1 aromatic rings. The number of nitrogens with one attached hydrogen (secondary N) is 1. The smallest absolute Gasteiger partial charge is 0.255 e. The molecule has 2 atom stereocenters. The van der Waals surface area contributed by atoms with E-state index in [1.807, 2.05) is 13.8 Å². The van der Waals surface area contributed by atoms with Gasteiger partial charge in [-0.05, 0) is 20.3 Å². The third-order valence-electron chi connectivity index (χ3n) is 3.05. The topological polar surface area (TPSA) is 82.8 Å². The number of amides is 1. The standard InChI is InChI=1S/C15H24N2O4/c1-9(16)6-10(2)17-15(18)11-7-13(20-4)14(21-5)8-12(11)19-3/h7-10H,6,16H2,1-5H3,(H,17,18). The summed E-state index contributed by atoms with van der Waals surface area (Å²) >= 11 is 0. The molecule has 0 aliphatic carbocycles. The molecule has 2 unspecified atom stereocenters. The minimum Gasteiger partial charge on any atom is -0.496 e. The van der Waals surface area contributed by atoms with Crippen molar-refractivity contribution < 1.29 is 19.0 Å². The van der Waals surface area contributed by atoms with Crippen LogP contribution in [0.25, 0.3) is 0 Å². The average molecular weight is 296 g/mol. The van der Waals surface area contributed by atoms with Gasteiger partial charge in [0.2, 0.25) is 0 Å². The summed E-state index contributed by atoms with van der Waals surface area (Å²) in [7, 11) is 4.55. The van der Waals surface area contributed by atoms with Gasteiger partial charge in [-0.3, -0.25) is 4.79 Å². The van der Waals surface area contributed by atoms with E-state index in [1.165, 1.54) is 21.3 Å². The van der Waals surface area contributed by atoms with Gasteiger partial charge >= 0.3 is 0 Å². The molecule has 6 heteroatoms. The monoisotopic (exact) mass is 296 g/mol. The van der Waals surface area contributed by atoms with Crippen molar-refractivity contribution in [3.05, 3.63) is 17.7 Å². The van der Waals surface area contributed by atoms with Crippen molar-refractivity contribution in [2.75, 3.05) is 21.3 Å². The van der Waals surface area contributed by atoms with E-state index >= 15 is 0 Å². The molecule has 0 saturated carbocycles. The maximum Gasteiger partial charge on any atom is 0.255 e. The summed E-state index contributed by atoms with van der Waals surface area (Å²) in [4.78, 5) is 12.4. The van der Waals surface area contributed by atoms with Gasteiger partial charge in [0.25, 0.3) is 5.91 Å². The molecule has 0 fully saturated rings. The molecule has 0 aromatic heterocycles. The summed E-state index contributed by atoms with van der Waals surface area (Å²) in [5.41, 5.74) is 6.13. The van der Waals surface area contributed by atoms with Gasteiger partial charge in [0.05, 0.1) is 26.9 Å². The van der Waals surface area contributed by atoms with E-state index in [2.05, 4.69) is 5.32 Å². The predicted molar refractivity (Wildman–Crippen MR) is 81.3 cm³/mol. The van der Waals surface area contributed by atoms with Gasteiger partial charge in [0, 0.05) is 24.2 Å². The Morgan fingerprint density at radius 2 is 1.62 bits per heavy atom. The first-order valence-corrected chi connectivity index (χ1v) is 6.79. The van der Waals surface area contributed by atoms with Crippen molar-refractivity contribution in [1.29, 1.82) is 0 Å². The Morgan fingerprint density at radius 3 is 2.10 bits per heavy atom. The lowest BCUT2D eigenvalue weighted by Gasteiger charge is -2.18. The molecule has 118 valence electrons. The van der Waals surface area contributed by atoms with Crippen molar-refractivity contribution in [1.82, 2.24) is 5.32 Å². The van der Waals surface area contributed by atoms with Crippen molar-refractivity contribution in [3.63, 3.8) is 0 Å². The summed E-state index contributed by atoms with van der Waals surface area (Å²) in [5.74, 6) is 1.18. The zero-order chi connectivity index (χ0) is 16.0. The molecule has 0 saturated heterocycles. The van der Waals surface area contributed by atoms with Crippen LogP contribution >= 0.6 is 0 Å². The Labute approximate surface area is 125 Å². The highest BCUT2D eigenvalue weighted by molar-refractivity contribution is 5.98. The van der Waals surface area contributed by atoms with Crippen LogP contribution in [0.15, 0.2) is 12.1 Å². The summed E-state index contributed by atoms with van der Waals surface area (Å²) in [6.07, 6.45) is 0.696. The number of benzene rings is 1. The van der Waals surface area contributed by atoms with Crippen LogP contribution in [0, 0.1) is 0 Å². The second kappa shape index (κ2) is 7.73. The van der Waals surface area contributed by atoms with Gasteiger partial charge < -0.3 is 25.3 Å². The maximum atomic E-state index is 12.4. The normalized spacial score (nSPS) is 13.2. The minimum atomic E-state index is -0.235. The largest absolute Gasteiger partial charge is 0.496 e. The number of methoxy groups -OCH3 is 3. The van der Waals surface area contributed by atoms with E-state index in [0.29, 0.717) is 29.2 Å². The summed E-state index contributed by atoms with van der Waals surface area (Å²) in [6.45, 7) is 3.81. The molecule has 0 aliphatic rings. The molecular weight excluding hydrogens is 272 g/mol. The number of nitrogens with two attached hydrogens (primary N) is 1. The highest BCUT2D eigenvalue weighted by Crippen LogP contribution is 2.34. The Kier molecular flexibility index (Phi) is 6.30. The first-order valence-electron chi connectivity index (χ1n) is 6.79. The lowest BCUT2D eigenvalue weighted by molar-refractivity contribution is 0.0934. The lowest BCUT2D eigenvalue weighted by Crippen LogP contribution is -2.36. The van der Waals surface area contributed by atoms with E-state index < -0.39 is 0 Å². The molecule has 1 rings (SSSR count). The average Bonchev–Trinajstić information content (AvgIpc) is 2.44. The van der Waals surface area contributed by atoms with E-state index in [4.69, 9.17) is 19.9 Å². The molecule has 1 aromatic carbocycles. The number of carbonyl (C=O) groups excluding carboxylic acids is 1. The first-order chi connectivity index (χ1) is 9.92. The number of ether oxygens (including phenoxy) is 3. The quantitative estimate of drug-likeness (QED) is 0.798. The third kappa shape index (κ3) is 4.53. The molecular formula is C15H24N2O4. The van der Waals surface area contributed by atoms with Gasteiger partial charge in [-0.1, -0.05) is 0 Å². The molecule has 21 heavy (non-hydrogen) atoms. The highest BCUT2D eigenvalue weighted by Gasteiger charge is 2.19. The third-order valence-corrected chi connectivity index (χ3v) is 3.05. The van der Waals surface area contributed by atoms with Gasteiger partial charge in [0.1, 0.15) is 5.75 Å². The lowest BCUT2D eigenvalue weighted by atomic mass is 10.1. The Morgan fingerprint density at radius 1 is 1.10 bits per heavy atom. The number of hydrogen-bond donors (Lipinski definition) is 2. The van der Waals surface area contributed by atoms with Crippen molar-refractivity contribution >= 4 is 5.91 Å². The molecule has 1 amide bonds. The fourth-order valence-corrected chi connectivity index (χ4v) is 2.12. The highest BCUT2D eigenvalue weighted by atomic mass is 16.5. The molecule has 0 spiro atoms. The van der Waals surface area contributed by atoms with Crippen molar-refractivity contribution in [2.24, 2.45) is 5.73 Å². The summed E-state index contributed by atoms with van der Waals surface area (Å²) < 4.78 is 15.7. The Bertz CT molecular complexity index is 489. The van der Waals surface area contributed by atoms with Crippen molar-refractivity contribution in [3.8, 4) is 17.2 Å². The van der Waals surface area contributed by atoms with Crippen LogP contribution in [-0.2, 0) is 0 Å².